The largest absolute Gasteiger partial charge is 1.00 e. The fourth-order valence-corrected chi connectivity index (χ4v) is 2.94. The molecule has 0 heterocycles. The second kappa shape index (κ2) is 12.3. The van der Waals surface area contributed by atoms with Gasteiger partial charge in [-0.2, -0.15) is 0 Å². The average Bonchev–Trinajstić information content (AvgIpc) is 2.45. The van der Waals surface area contributed by atoms with E-state index in [1.165, 1.54) is 0 Å². The fourth-order valence-electron chi connectivity index (χ4n) is 2.02. The number of esters is 2. The van der Waals surface area contributed by atoms with Crippen LogP contribution >= 0.6 is 0 Å². The molecule has 1 atom stereocenters. The van der Waals surface area contributed by atoms with Gasteiger partial charge in [-0.05, 0) is 30.6 Å². The summed E-state index contributed by atoms with van der Waals surface area (Å²) < 4.78 is 43.5. The van der Waals surface area contributed by atoms with Gasteiger partial charge in [-0.1, -0.05) is 41.5 Å². The van der Waals surface area contributed by atoms with Gasteiger partial charge in [0.25, 0.3) is 0 Å². The molecular weight excluding hydrogens is 371 g/mol. The number of carbonyl (C=O) groups is 2. The Labute approximate surface area is 179 Å². The van der Waals surface area contributed by atoms with Gasteiger partial charge in [0.2, 0.25) is 0 Å². The molecule has 7 nitrogen and oxygen atoms in total. The zero-order valence-electron chi connectivity index (χ0n) is 17.0. The number of hydrogen-bond acceptors (Lipinski definition) is 7. The van der Waals surface area contributed by atoms with E-state index < -0.39 is 33.2 Å². The van der Waals surface area contributed by atoms with E-state index in [9.17, 15) is 22.6 Å². The third-order valence-corrected chi connectivity index (χ3v) is 5.00. The van der Waals surface area contributed by atoms with E-state index in [2.05, 4.69) is 0 Å². The maximum Gasteiger partial charge on any atom is 1.00 e. The third kappa shape index (κ3) is 9.69. The van der Waals surface area contributed by atoms with Gasteiger partial charge in [-0.25, -0.2) is 8.42 Å². The van der Waals surface area contributed by atoms with Gasteiger partial charge >= 0.3 is 41.5 Å². The van der Waals surface area contributed by atoms with Crippen molar-refractivity contribution in [2.24, 2.45) is 17.8 Å². The minimum atomic E-state index is -5.13. The van der Waals surface area contributed by atoms with Crippen molar-refractivity contribution in [3.63, 3.8) is 0 Å². The van der Waals surface area contributed by atoms with Gasteiger partial charge in [-0.3, -0.25) is 9.59 Å². The van der Waals surface area contributed by atoms with E-state index >= 15 is 0 Å². The van der Waals surface area contributed by atoms with Gasteiger partial charge < -0.3 is 14.0 Å². The number of ether oxygens (including phenoxy) is 2. The van der Waals surface area contributed by atoms with Crippen LogP contribution in [-0.2, 0) is 29.2 Å². The van der Waals surface area contributed by atoms with Crippen molar-refractivity contribution < 1.29 is 61.6 Å². The summed E-state index contributed by atoms with van der Waals surface area (Å²) in [7, 11) is -5.13. The number of hydrogen-bond donors (Lipinski definition) is 0. The van der Waals surface area contributed by atoms with Gasteiger partial charge in [0.05, 0.1) is 19.6 Å². The van der Waals surface area contributed by atoms with Crippen LogP contribution in [-0.4, -0.2) is 42.9 Å². The summed E-state index contributed by atoms with van der Waals surface area (Å²) in [5.74, 6) is -2.00. The predicted octanol–water partition coefficient (Wildman–Crippen LogP) is -0.501. The first-order valence-corrected chi connectivity index (χ1v) is 10.0. The molecule has 0 aliphatic rings. The Morgan fingerprint density at radius 1 is 0.923 bits per heavy atom. The summed E-state index contributed by atoms with van der Waals surface area (Å²) in [4.78, 5) is 24.6. The molecular formula is C17H31NaO7S. The van der Waals surface area contributed by atoms with Crippen LogP contribution in [0.15, 0.2) is 0 Å². The minimum absolute atomic E-state index is 0. The molecule has 0 bridgehead atoms. The monoisotopic (exact) mass is 402 g/mol. The molecule has 0 aromatic carbocycles. The van der Waals surface area contributed by atoms with Crippen molar-refractivity contribution in [3.8, 4) is 0 Å². The van der Waals surface area contributed by atoms with Crippen LogP contribution in [0, 0.1) is 17.8 Å². The summed E-state index contributed by atoms with van der Waals surface area (Å²) in [5.41, 5.74) is 0. The smallest absolute Gasteiger partial charge is 0.747 e. The normalized spacial score (nSPS) is 14.1. The van der Waals surface area contributed by atoms with Crippen LogP contribution in [0.4, 0.5) is 0 Å². The maximum atomic E-state index is 12.5. The molecule has 148 valence electrons. The van der Waals surface area contributed by atoms with Crippen LogP contribution in [0.1, 0.15) is 60.8 Å². The third-order valence-electron chi connectivity index (χ3n) is 3.53. The Morgan fingerprint density at radius 2 is 1.38 bits per heavy atom. The van der Waals surface area contributed by atoms with Crippen molar-refractivity contribution in [1.29, 1.82) is 0 Å². The van der Waals surface area contributed by atoms with Crippen molar-refractivity contribution in [1.82, 2.24) is 0 Å². The molecule has 0 aliphatic heterocycles. The van der Waals surface area contributed by atoms with Gasteiger partial charge in [-0.15, -0.1) is 0 Å². The standard InChI is InChI=1S/C17H32O7S.Na/c1-12(2)7-8-17(25(20,21)22,16(19)24-11-14(5)6)9-15(18)23-10-13(3)4;/h12-14H,7-11H2,1-6H3,(H,20,21,22);/q;+1/p-1. The van der Waals surface area contributed by atoms with E-state index in [0.717, 1.165) is 0 Å². The molecule has 0 amide bonds. The van der Waals surface area contributed by atoms with E-state index in [1.54, 1.807) is 13.8 Å². The topological polar surface area (TPSA) is 110 Å². The second-order valence-electron chi connectivity index (χ2n) is 7.63. The molecule has 0 rings (SSSR count). The Morgan fingerprint density at radius 3 is 1.77 bits per heavy atom. The quantitative estimate of drug-likeness (QED) is 0.260. The van der Waals surface area contributed by atoms with Crippen molar-refractivity contribution in [3.05, 3.63) is 0 Å². The fraction of sp³-hybridized carbons (Fsp3) is 0.882. The summed E-state index contributed by atoms with van der Waals surface area (Å²) >= 11 is 0. The van der Waals surface area contributed by atoms with Crippen molar-refractivity contribution >= 4 is 22.1 Å². The molecule has 26 heavy (non-hydrogen) atoms. The predicted molar refractivity (Wildman–Crippen MR) is 92.7 cm³/mol. The first-order chi connectivity index (χ1) is 11.3. The second-order valence-corrected chi connectivity index (χ2v) is 9.32. The molecule has 0 saturated heterocycles. The number of rotatable bonds is 11. The molecule has 9 heteroatoms. The van der Waals surface area contributed by atoms with Crippen LogP contribution < -0.4 is 29.6 Å². The Hall–Kier alpha value is -0.150. The first kappa shape index (κ1) is 28.1. The first-order valence-electron chi connectivity index (χ1n) is 8.60. The van der Waals surface area contributed by atoms with E-state index in [0.29, 0.717) is 0 Å². The average molecular weight is 402 g/mol. The summed E-state index contributed by atoms with van der Waals surface area (Å²) in [6, 6.07) is 0. The van der Waals surface area contributed by atoms with Gasteiger partial charge in [0.1, 0.15) is 10.1 Å². The summed E-state index contributed by atoms with van der Waals surface area (Å²) in [6.07, 6.45) is -0.810. The Bertz CT molecular complexity index is 543. The van der Waals surface area contributed by atoms with Crippen LogP contribution in [0.3, 0.4) is 0 Å². The molecule has 0 aromatic rings. The molecule has 0 spiro atoms. The summed E-state index contributed by atoms with van der Waals surface area (Å²) in [5, 5.41) is 0. The molecule has 0 aliphatic carbocycles. The minimum Gasteiger partial charge on any atom is -0.747 e. The SMILES string of the molecule is CC(C)CCC(CC(=O)OCC(C)C)(C(=O)OCC(C)C)S(=O)(=O)[O-].[Na+]. The van der Waals surface area contributed by atoms with Crippen LogP contribution in [0.2, 0.25) is 0 Å². The van der Waals surface area contributed by atoms with Crippen LogP contribution in [0.5, 0.6) is 0 Å². The molecule has 0 saturated carbocycles. The van der Waals surface area contributed by atoms with Crippen LogP contribution in [0.25, 0.3) is 0 Å². The Kier molecular flexibility index (Phi) is 13.3. The number of carbonyl (C=O) groups excluding carboxylic acids is 2. The molecule has 0 radical (unpaired) electrons. The summed E-state index contributed by atoms with van der Waals surface area (Å²) in [6.45, 7) is 10.9. The maximum absolute atomic E-state index is 12.5. The van der Waals surface area contributed by atoms with Gasteiger partial charge in [0, 0.05) is 0 Å². The zero-order valence-corrected chi connectivity index (χ0v) is 19.9. The molecule has 0 fully saturated rings. The van der Waals surface area contributed by atoms with Crippen molar-refractivity contribution in [2.75, 3.05) is 13.2 Å². The van der Waals surface area contributed by atoms with E-state index in [4.69, 9.17) is 9.47 Å². The molecule has 0 aromatic heterocycles. The van der Waals surface area contributed by atoms with E-state index in [-0.39, 0.29) is 73.4 Å². The van der Waals surface area contributed by atoms with Gasteiger partial charge in [0.15, 0.2) is 4.75 Å². The van der Waals surface area contributed by atoms with Crippen molar-refractivity contribution in [2.45, 2.75) is 65.6 Å². The zero-order chi connectivity index (χ0) is 19.8. The molecule has 1 unspecified atom stereocenters. The van der Waals surface area contributed by atoms with E-state index in [1.807, 2.05) is 27.7 Å². The Balaban J connectivity index is 0. The molecule has 0 N–H and O–H groups in total.